The smallest absolute Gasteiger partial charge is 0.162 e. The zero-order valence-electron chi connectivity index (χ0n) is 10.4. The SMILES string of the molecule is O=C(CCCN1CCOCC1)c1cccc(Br)c1. The number of rotatable bonds is 5. The van der Waals surface area contributed by atoms with E-state index in [-0.39, 0.29) is 5.78 Å². The number of morpholine rings is 1. The number of hydrogen-bond donors (Lipinski definition) is 0. The van der Waals surface area contributed by atoms with Crippen molar-refractivity contribution in [3.05, 3.63) is 34.3 Å². The summed E-state index contributed by atoms with van der Waals surface area (Å²) in [5.41, 5.74) is 0.798. The molecule has 0 spiro atoms. The molecule has 0 unspecified atom stereocenters. The van der Waals surface area contributed by atoms with Gasteiger partial charge in [-0.05, 0) is 25.1 Å². The van der Waals surface area contributed by atoms with Gasteiger partial charge in [-0.25, -0.2) is 0 Å². The molecule has 1 saturated heterocycles. The maximum absolute atomic E-state index is 12.0. The van der Waals surface area contributed by atoms with Gasteiger partial charge in [0.25, 0.3) is 0 Å². The number of halogens is 1. The minimum Gasteiger partial charge on any atom is -0.379 e. The average molecular weight is 312 g/mol. The molecular weight excluding hydrogens is 294 g/mol. The van der Waals surface area contributed by atoms with Gasteiger partial charge in [-0.1, -0.05) is 28.1 Å². The van der Waals surface area contributed by atoms with Crippen molar-refractivity contribution in [1.29, 1.82) is 0 Å². The molecule has 0 atom stereocenters. The number of carbonyl (C=O) groups excluding carboxylic acids is 1. The van der Waals surface area contributed by atoms with Crippen molar-refractivity contribution >= 4 is 21.7 Å². The second-order valence-corrected chi connectivity index (χ2v) is 5.41. The molecule has 0 bridgehead atoms. The molecular formula is C14H18BrNO2. The van der Waals surface area contributed by atoms with Crippen LogP contribution in [0.4, 0.5) is 0 Å². The van der Waals surface area contributed by atoms with Gasteiger partial charge < -0.3 is 4.74 Å². The minimum absolute atomic E-state index is 0.226. The molecule has 1 heterocycles. The summed E-state index contributed by atoms with van der Waals surface area (Å²) < 4.78 is 6.26. The summed E-state index contributed by atoms with van der Waals surface area (Å²) in [5.74, 6) is 0.226. The van der Waals surface area contributed by atoms with Crippen LogP contribution in [0.3, 0.4) is 0 Å². The molecule has 98 valence electrons. The minimum atomic E-state index is 0.226. The van der Waals surface area contributed by atoms with E-state index in [0.717, 1.165) is 49.3 Å². The lowest BCUT2D eigenvalue weighted by Crippen LogP contribution is -2.36. The first-order chi connectivity index (χ1) is 8.75. The summed E-state index contributed by atoms with van der Waals surface area (Å²) in [5, 5.41) is 0. The van der Waals surface area contributed by atoms with Crippen LogP contribution in [0.15, 0.2) is 28.7 Å². The summed E-state index contributed by atoms with van der Waals surface area (Å²) in [7, 11) is 0. The first-order valence-corrected chi connectivity index (χ1v) is 7.14. The highest BCUT2D eigenvalue weighted by atomic mass is 79.9. The van der Waals surface area contributed by atoms with Crippen LogP contribution in [-0.2, 0) is 4.74 Å². The van der Waals surface area contributed by atoms with Gasteiger partial charge in [0.15, 0.2) is 5.78 Å². The molecule has 1 aromatic rings. The van der Waals surface area contributed by atoms with Crippen LogP contribution in [0.1, 0.15) is 23.2 Å². The monoisotopic (exact) mass is 311 g/mol. The van der Waals surface area contributed by atoms with Crippen LogP contribution in [-0.4, -0.2) is 43.5 Å². The van der Waals surface area contributed by atoms with E-state index in [0.29, 0.717) is 6.42 Å². The van der Waals surface area contributed by atoms with Crippen LogP contribution in [0, 0.1) is 0 Å². The molecule has 0 radical (unpaired) electrons. The molecule has 18 heavy (non-hydrogen) atoms. The van der Waals surface area contributed by atoms with Gasteiger partial charge in [-0.15, -0.1) is 0 Å². The highest BCUT2D eigenvalue weighted by molar-refractivity contribution is 9.10. The lowest BCUT2D eigenvalue weighted by Gasteiger charge is -2.26. The topological polar surface area (TPSA) is 29.5 Å². The van der Waals surface area contributed by atoms with Gasteiger partial charge in [-0.3, -0.25) is 9.69 Å². The Labute approximate surface area is 116 Å². The van der Waals surface area contributed by atoms with Crippen LogP contribution in [0.2, 0.25) is 0 Å². The Bertz CT molecular complexity index is 403. The van der Waals surface area contributed by atoms with Crippen LogP contribution >= 0.6 is 15.9 Å². The quantitative estimate of drug-likeness (QED) is 0.783. The van der Waals surface area contributed by atoms with E-state index in [1.165, 1.54) is 0 Å². The fourth-order valence-electron chi connectivity index (χ4n) is 2.09. The number of benzene rings is 1. The summed E-state index contributed by atoms with van der Waals surface area (Å²) in [6, 6.07) is 7.60. The van der Waals surface area contributed by atoms with Gasteiger partial charge in [0.2, 0.25) is 0 Å². The number of ether oxygens (including phenoxy) is 1. The van der Waals surface area contributed by atoms with Gasteiger partial charge in [0, 0.05) is 29.5 Å². The molecule has 1 aliphatic rings. The fourth-order valence-corrected chi connectivity index (χ4v) is 2.49. The van der Waals surface area contributed by atoms with Crippen molar-refractivity contribution in [3.8, 4) is 0 Å². The van der Waals surface area contributed by atoms with E-state index in [2.05, 4.69) is 20.8 Å². The second-order valence-electron chi connectivity index (χ2n) is 4.49. The Morgan fingerprint density at radius 3 is 2.83 bits per heavy atom. The van der Waals surface area contributed by atoms with Crippen molar-refractivity contribution in [2.45, 2.75) is 12.8 Å². The fraction of sp³-hybridized carbons (Fsp3) is 0.500. The van der Waals surface area contributed by atoms with E-state index in [4.69, 9.17) is 4.74 Å². The summed E-state index contributed by atoms with van der Waals surface area (Å²) in [4.78, 5) is 14.3. The first-order valence-electron chi connectivity index (χ1n) is 6.34. The highest BCUT2D eigenvalue weighted by Crippen LogP contribution is 2.14. The molecule has 0 N–H and O–H groups in total. The van der Waals surface area contributed by atoms with E-state index >= 15 is 0 Å². The Hall–Kier alpha value is -0.710. The molecule has 2 rings (SSSR count). The largest absolute Gasteiger partial charge is 0.379 e. The zero-order valence-corrected chi connectivity index (χ0v) is 12.0. The molecule has 3 nitrogen and oxygen atoms in total. The Morgan fingerprint density at radius 1 is 1.33 bits per heavy atom. The van der Waals surface area contributed by atoms with Gasteiger partial charge >= 0.3 is 0 Å². The van der Waals surface area contributed by atoms with Crippen molar-refractivity contribution < 1.29 is 9.53 Å². The van der Waals surface area contributed by atoms with E-state index in [9.17, 15) is 4.79 Å². The molecule has 0 aromatic heterocycles. The predicted molar refractivity (Wildman–Crippen MR) is 75.0 cm³/mol. The van der Waals surface area contributed by atoms with Crippen molar-refractivity contribution in [3.63, 3.8) is 0 Å². The average Bonchev–Trinajstić information content (AvgIpc) is 2.40. The third kappa shape index (κ3) is 4.19. The lowest BCUT2D eigenvalue weighted by atomic mass is 10.1. The van der Waals surface area contributed by atoms with E-state index in [1.54, 1.807) is 0 Å². The predicted octanol–water partition coefficient (Wildman–Crippen LogP) is 2.74. The molecule has 0 saturated carbocycles. The third-order valence-electron chi connectivity index (χ3n) is 3.13. The van der Waals surface area contributed by atoms with Crippen molar-refractivity contribution in [2.75, 3.05) is 32.8 Å². The van der Waals surface area contributed by atoms with E-state index < -0.39 is 0 Å². The van der Waals surface area contributed by atoms with Gasteiger partial charge in [0.1, 0.15) is 0 Å². The molecule has 1 fully saturated rings. The molecule has 4 heteroatoms. The third-order valence-corrected chi connectivity index (χ3v) is 3.62. The maximum Gasteiger partial charge on any atom is 0.162 e. The number of ketones is 1. The number of nitrogens with zero attached hydrogens (tertiary/aromatic N) is 1. The summed E-state index contributed by atoms with van der Waals surface area (Å²) in [6.07, 6.45) is 1.54. The number of hydrogen-bond acceptors (Lipinski definition) is 3. The molecule has 1 aromatic carbocycles. The maximum atomic E-state index is 12.0. The van der Waals surface area contributed by atoms with Crippen LogP contribution in [0.5, 0.6) is 0 Å². The normalized spacial score (nSPS) is 16.7. The Kier molecular flexibility index (Phi) is 5.35. The van der Waals surface area contributed by atoms with Crippen molar-refractivity contribution in [1.82, 2.24) is 4.90 Å². The summed E-state index contributed by atoms with van der Waals surface area (Å²) in [6.45, 7) is 4.61. The first kappa shape index (κ1) is 13.7. The Morgan fingerprint density at radius 2 is 2.11 bits per heavy atom. The van der Waals surface area contributed by atoms with E-state index in [1.807, 2.05) is 24.3 Å². The van der Waals surface area contributed by atoms with Gasteiger partial charge in [-0.2, -0.15) is 0 Å². The molecule has 1 aliphatic heterocycles. The van der Waals surface area contributed by atoms with Crippen LogP contribution in [0.25, 0.3) is 0 Å². The van der Waals surface area contributed by atoms with Crippen LogP contribution < -0.4 is 0 Å². The number of carbonyl (C=O) groups is 1. The standard InChI is InChI=1S/C14H18BrNO2/c15-13-4-1-3-12(11-13)14(17)5-2-6-16-7-9-18-10-8-16/h1,3-4,11H,2,5-10H2. The summed E-state index contributed by atoms with van der Waals surface area (Å²) >= 11 is 3.39. The molecule has 0 aliphatic carbocycles. The highest BCUT2D eigenvalue weighted by Gasteiger charge is 2.11. The van der Waals surface area contributed by atoms with Crippen molar-refractivity contribution in [2.24, 2.45) is 0 Å². The molecule has 0 amide bonds. The second kappa shape index (κ2) is 7.02. The Balaban J connectivity index is 1.74. The number of Topliss-reactive ketones (excluding diaryl/α,β-unsaturated/α-hetero) is 1. The van der Waals surface area contributed by atoms with Gasteiger partial charge in [0.05, 0.1) is 13.2 Å². The zero-order chi connectivity index (χ0) is 12.8. The lowest BCUT2D eigenvalue weighted by molar-refractivity contribution is 0.0371.